The number of nitrogens with zero attached hydrogens (tertiary/aromatic N) is 3. The molecule has 0 radical (unpaired) electrons. The lowest BCUT2D eigenvalue weighted by Crippen LogP contribution is -2.16. The van der Waals surface area contributed by atoms with Crippen LogP contribution < -0.4 is 5.32 Å². The number of halogens is 1. The lowest BCUT2D eigenvalue weighted by atomic mass is 9.96. The summed E-state index contributed by atoms with van der Waals surface area (Å²) >= 11 is 0. The topological polar surface area (TPSA) is 83.6 Å². The van der Waals surface area contributed by atoms with Gasteiger partial charge in [0.05, 0.1) is 0 Å². The number of hydrogen-bond donors (Lipinski definition) is 2. The van der Waals surface area contributed by atoms with E-state index in [4.69, 9.17) is 0 Å². The van der Waals surface area contributed by atoms with Crippen LogP contribution in [0.3, 0.4) is 0 Å². The van der Waals surface area contributed by atoms with Crippen molar-refractivity contribution >= 4 is 11.7 Å². The standard InChI is InChI=1S/C12H14FN5O/c1-12(2,3)11-16-9(17-18-11)10(19)15-8-6-4-5-7(13)14-8/h4-6H,1-3H3,(H,14,15,19)(H,16,17,18). The zero-order valence-corrected chi connectivity index (χ0v) is 10.9. The molecule has 1 amide bonds. The molecule has 0 unspecified atom stereocenters. The maximum atomic E-state index is 12.9. The molecule has 19 heavy (non-hydrogen) atoms. The molecule has 7 heteroatoms. The molecule has 2 N–H and O–H groups in total. The molecule has 6 nitrogen and oxygen atoms in total. The second-order valence-electron chi connectivity index (χ2n) is 5.06. The number of H-pyrrole nitrogens is 1. The Morgan fingerprint density at radius 1 is 1.32 bits per heavy atom. The summed E-state index contributed by atoms with van der Waals surface area (Å²) in [7, 11) is 0. The van der Waals surface area contributed by atoms with Gasteiger partial charge in [-0.25, -0.2) is 9.97 Å². The van der Waals surface area contributed by atoms with Crippen molar-refractivity contribution < 1.29 is 9.18 Å². The highest BCUT2D eigenvalue weighted by atomic mass is 19.1. The predicted molar refractivity (Wildman–Crippen MR) is 67.2 cm³/mol. The molecule has 0 aliphatic carbocycles. The Kier molecular flexibility index (Phi) is 3.28. The van der Waals surface area contributed by atoms with Crippen LogP contribution in [0.5, 0.6) is 0 Å². The van der Waals surface area contributed by atoms with Gasteiger partial charge in [0.2, 0.25) is 11.8 Å². The molecule has 0 saturated carbocycles. The molecule has 0 spiro atoms. The van der Waals surface area contributed by atoms with Crippen LogP contribution in [0.25, 0.3) is 0 Å². The Hall–Kier alpha value is -2.31. The van der Waals surface area contributed by atoms with E-state index in [1.165, 1.54) is 18.2 Å². The quantitative estimate of drug-likeness (QED) is 0.810. The Balaban J connectivity index is 2.14. The summed E-state index contributed by atoms with van der Waals surface area (Å²) in [5.41, 5.74) is -0.233. The van der Waals surface area contributed by atoms with Crippen molar-refractivity contribution in [3.05, 3.63) is 35.8 Å². The maximum absolute atomic E-state index is 12.9. The molecule has 2 heterocycles. The summed E-state index contributed by atoms with van der Waals surface area (Å²) in [6, 6.07) is 4.13. The van der Waals surface area contributed by atoms with E-state index < -0.39 is 11.9 Å². The van der Waals surface area contributed by atoms with Crippen LogP contribution in [-0.2, 0) is 5.41 Å². The van der Waals surface area contributed by atoms with E-state index in [0.717, 1.165) is 0 Å². The van der Waals surface area contributed by atoms with Crippen molar-refractivity contribution in [3.8, 4) is 0 Å². The van der Waals surface area contributed by atoms with E-state index in [0.29, 0.717) is 5.82 Å². The number of rotatable bonds is 2. The van der Waals surface area contributed by atoms with Crippen molar-refractivity contribution in [2.45, 2.75) is 26.2 Å². The number of pyridine rings is 1. The Morgan fingerprint density at radius 2 is 2.05 bits per heavy atom. The van der Waals surface area contributed by atoms with Crippen LogP contribution in [-0.4, -0.2) is 26.1 Å². The van der Waals surface area contributed by atoms with E-state index in [-0.39, 0.29) is 17.1 Å². The SMILES string of the molecule is CC(C)(C)c1nc(C(=O)Nc2cccc(F)n2)n[nH]1. The Morgan fingerprint density at radius 3 is 2.63 bits per heavy atom. The van der Waals surface area contributed by atoms with Gasteiger partial charge in [-0.1, -0.05) is 26.8 Å². The van der Waals surface area contributed by atoms with Gasteiger partial charge in [0.15, 0.2) is 0 Å². The lowest BCUT2D eigenvalue weighted by molar-refractivity contribution is 0.101. The number of aromatic amines is 1. The second-order valence-corrected chi connectivity index (χ2v) is 5.06. The predicted octanol–water partition coefficient (Wildman–Crippen LogP) is 1.89. The highest BCUT2D eigenvalue weighted by Crippen LogP contribution is 2.17. The number of nitrogens with one attached hydrogen (secondary N) is 2. The molecule has 0 bridgehead atoms. The van der Waals surface area contributed by atoms with Crippen LogP contribution in [0.4, 0.5) is 10.2 Å². The van der Waals surface area contributed by atoms with E-state index in [9.17, 15) is 9.18 Å². The summed E-state index contributed by atoms with van der Waals surface area (Å²) < 4.78 is 12.9. The van der Waals surface area contributed by atoms with Gasteiger partial charge in [-0.05, 0) is 12.1 Å². The van der Waals surface area contributed by atoms with Crippen LogP contribution in [0, 0.1) is 5.95 Å². The van der Waals surface area contributed by atoms with Crippen molar-refractivity contribution in [3.63, 3.8) is 0 Å². The van der Waals surface area contributed by atoms with Gasteiger partial charge in [0.25, 0.3) is 5.91 Å². The summed E-state index contributed by atoms with van der Waals surface area (Å²) in [6.45, 7) is 5.84. The summed E-state index contributed by atoms with van der Waals surface area (Å²) in [5.74, 6) is -0.485. The smallest absolute Gasteiger partial charge is 0.296 e. The summed E-state index contributed by atoms with van der Waals surface area (Å²) in [4.78, 5) is 19.5. The maximum Gasteiger partial charge on any atom is 0.296 e. The number of amides is 1. The largest absolute Gasteiger partial charge is 0.304 e. The van der Waals surface area contributed by atoms with Gasteiger partial charge < -0.3 is 5.32 Å². The van der Waals surface area contributed by atoms with Gasteiger partial charge >= 0.3 is 0 Å². The Labute approximate surface area is 109 Å². The fourth-order valence-electron chi connectivity index (χ4n) is 1.35. The van der Waals surface area contributed by atoms with Crippen molar-refractivity contribution in [2.75, 3.05) is 5.32 Å². The molecular formula is C12H14FN5O. The zero-order valence-electron chi connectivity index (χ0n) is 10.9. The van der Waals surface area contributed by atoms with E-state index >= 15 is 0 Å². The average molecular weight is 263 g/mol. The van der Waals surface area contributed by atoms with Gasteiger partial charge in [-0.3, -0.25) is 9.89 Å². The molecular weight excluding hydrogens is 249 g/mol. The Bertz CT molecular complexity index is 602. The minimum Gasteiger partial charge on any atom is -0.304 e. The van der Waals surface area contributed by atoms with Crippen molar-refractivity contribution in [2.24, 2.45) is 0 Å². The zero-order chi connectivity index (χ0) is 14.0. The van der Waals surface area contributed by atoms with Crippen LogP contribution in [0.15, 0.2) is 18.2 Å². The first kappa shape index (κ1) is 13.1. The average Bonchev–Trinajstić information content (AvgIpc) is 2.77. The molecule has 2 aromatic rings. The third kappa shape index (κ3) is 3.12. The first-order chi connectivity index (χ1) is 8.86. The molecule has 0 atom stereocenters. The highest BCUT2D eigenvalue weighted by Gasteiger charge is 2.21. The second kappa shape index (κ2) is 4.75. The molecule has 2 aromatic heterocycles. The molecule has 100 valence electrons. The van der Waals surface area contributed by atoms with E-state index in [2.05, 4.69) is 25.5 Å². The number of aromatic nitrogens is 4. The highest BCUT2D eigenvalue weighted by molar-refractivity contribution is 6.00. The minimum absolute atomic E-state index is 0.00372. The number of carbonyl (C=O) groups excluding carboxylic acids is 1. The molecule has 0 fully saturated rings. The summed E-state index contributed by atoms with van der Waals surface area (Å²) in [6.07, 6.45) is 0. The lowest BCUT2D eigenvalue weighted by Gasteiger charge is -2.12. The molecule has 0 saturated heterocycles. The first-order valence-electron chi connectivity index (χ1n) is 5.73. The number of carbonyl (C=O) groups is 1. The monoisotopic (exact) mass is 263 g/mol. The first-order valence-corrected chi connectivity index (χ1v) is 5.73. The van der Waals surface area contributed by atoms with Gasteiger partial charge in [0, 0.05) is 5.41 Å². The number of anilines is 1. The fourth-order valence-corrected chi connectivity index (χ4v) is 1.35. The van der Waals surface area contributed by atoms with E-state index in [1.807, 2.05) is 20.8 Å². The van der Waals surface area contributed by atoms with E-state index in [1.54, 1.807) is 0 Å². The minimum atomic E-state index is -0.664. The molecule has 0 aliphatic heterocycles. The van der Waals surface area contributed by atoms with Gasteiger partial charge in [-0.15, -0.1) is 5.10 Å². The normalized spacial score (nSPS) is 11.4. The fraction of sp³-hybridized carbons (Fsp3) is 0.333. The number of hydrogen-bond acceptors (Lipinski definition) is 4. The van der Waals surface area contributed by atoms with Crippen molar-refractivity contribution in [1.29, 1.82) is 0 Å². The van der Waals surface area contributed by atoms with Gasteiger partial charge in [-0.2, -0.15) is 4.39 Å². The molecule has 0 aromatic carbocycles. The van der Waals surface area contributed by atoms with Crippen LogP contribution in [0.2, 0.25) is 0 Å². The van der Waals surface area contributed by atoms with Crippen molar-refractivity contribution in [1.82, 2.24) is 20.2 Å². The third-order valence-electron chi connectivity index (χ3n) is 2.36. The van der Waals surface area contributed by atoms with Crippen LogP contribution in [0.1, 0.15) is 37.2 Å². The summed E-state index contributed by atoms with van der Waals surface area (Å²) in [5, 5.41) is 8.97. The van der Waals surface area contributed by atoms with Gasteiger partial charge in [0.1, 0.15) is 11.6 Å². The third-order valence-corrected chi connectivity index (χ3v) is 2.36. The van der Waals surface area contributed by atoms with Crippen LogP contribution >= 0.6 is 0 Å². The molecule has 0 aliphatic rings. The molecule has 2 rings (SSSR count).